The number of hydrogen-bond donors (Lipinski definition) is 2. The zero-order chi connectivity index (χ0) is 9.68. The lowest BCUT2D eigenvalue weighted by molar-refractivity contribution is 0.562. The van der Waals surface area contributed by atoms with E-state index in [0.29, 0.717) is 12.1 Å². The van der Waals surface area contributed by atoms with E-state index < -0.39 is 0 Å². The molecule has 1 unspecified atom stereocenters. The van der Waals surface area contributed by atoms with Crippen LogP contribution < -0.4 is 10.6 Å². The van der Waals surface area contributed by atoms with Crippen molar-refractivity contribution in [2.24, 2.45) is 0 Å². The largest absolute Gasteiger partial charge is 0.384 e. The number of allylic oxidation sites excluding steroid dienone is 2. The summed E-state index contributed by atoms with van der Waals surface area (Å²) in [6.45, 7) is 7.55. The van der Waals surface area contributed by atoms with Crippen LogP contribution in [-0.4, -0.2) is 18.6 Å². The molecular formula is C11H20N2. The van der Waals surface area contributed by atoms with Crippen LogP contribution in [-0.2, 0) is 0 Å². The molecule has 1 rings (SSSR count). The predicted molar refractivity (Wildman–Crippen MR) is 57.6 cm³/mol. The van der Waals surface area contributed by atoms with Crippen LogP contribution in [0.2, 0.25) is 0 Å². The van der Waals surface area contributed by atoms with E-state index in [4.69, 9.17) is 0 Å². The summed E-state index contributed by atoms with van der Waals surface area (Å²) in [7, 11) is 0. The van der Waals surface area contributed by atoms with E-state index in [1.54, 1.807) is 0 Å². The molecule has 0 fully saturated rings. The van der Waals surface area contributed by atoms with E-state index in [9.17, 15) is 0 Å². The van der Waals surface area contributed by atoms with Crippen molar-refractivity contribution in [3.05, 3.63) is 23.9 Å². The number of nitrogens with one attached hydrogen (secondary N) is 2. The first-order chi connectivity index (χ1) is 6.24. The van der Waals surface area contributed by atoms with Gasteiger partial charge in [0, 0.05) is 18.6 Å². The first-order valence-corrected chi connectivity index (χ1v) is 5.09. The van der Waals surface area contributed by atoms with Gasteiger partial charge in [0.05, 0.1) is 0 Å². The summed E-state index contributed by atoms with van der Waals surface area (Å²) in [5, 5.41) is 6.79. The van der Waals surface area contributed by atoms with Crippen LogP contribution >= 0.6 is 0 Å². The minimum absolute atomic E-state index is 0.524. The van der Waals surface area contributed by atoms with Crippen molar-refractivity contribution in [3.63, 3.8) is 0 Å². The summed E-state index contributed by atoms with van der Waals surface area (Å²) in [5.41, 5.74) is 1.46. The minimum Gasteiger partial charge on any atom is -0.384 e. The monoisotopic (exact) mass is 180 g/mol. The zero-order valence-corrected chi connectivity index (χ0v) is 8.80. The Morgan fingerprint density at radius 2 is 2.31 bits per heavy atom. The maximum atomic E-state index is 3.44. The average molecular weight is 180 g/mol. The van der Waals surface area contributed by atoms with E-state index in [2.05, 4.69) is 43.6 Å². The lowest BCUT2D eigenvalue weighted by Gasteiger charge is -2.23. The van der Waals surface area contributed by atoms with Crippen molar-refractivity contribution in [2.75, 3.05) is 6.54 Å². The minimum atomic E-state index is 0.524. The highest BCUT2D eigenvalue weighted by atomic mass is 14.9. The van der Waals surface area contributed by atoms with Gasteiger partial charge in [0.15, 0.2) is 0 Å². The molecular weight excluding hydrogens is 160 g/mol. The fourth-order valence-corrected chi connectivity index (χ4v) is 1.45. The average Bonchev–Trinajstić information content (AvgIpc) is 2.15. The zero-order valence-electron chi connectivity index (χ0n) is 8.80. The fraction of sp³-hybridized carbons (Fsp3) is 0.636. The molecule has 0 saturated heterocycles. The number of hydrogen-bond acceptors (Lipinski definition) is 2. The van der Waals surface area contributed by atoms with Crippen LogP contribution in [0.25, 0.3) is 0 Å². The third-order valence-electron chi connectivity index (χ3n) is 2.27. The summed E-state index contributed by atoms with van der Waals surface area (Å²) in [6, 6.07) is 1.08. The molecule has 1 atom stereocenters. The first kappa shape index (κ1) is 10.3. The second-order valence-electron chi connectivity index (χ2n) is 3.76. The maximum Gasteiger partial charge on any atom is 0.0481 e. The van der Waals surface area contributed by atoms with E-state index in [0.717, 1.165) is 13.0 Å². The molecule has 1 aliphatic heterocycles. The second-order valence-corrected chi connectivity index (χ2v) is 3.76. The summed E-state index contributed by atoms with van der Waals surface area (Å²) < 4.78 is 0. The van der Waals surface area contributed by atoms with Gasteiger partial charge in [-0.05, 0) is 24.3 Å². The molecule has 0 aromatic heterocycles. The standard InChI is InChI=1S/C11H20N2/c1-4-11-10(6-5-7-12-11)8-13-9(2)3/h5-7,9,11-13H,4,8H2,1-3H3. The van der Waals surface area contributed by atoms with E-state index >= 15 is 0 Å². The van der Waals surface area contributed by atoms with Gasteiger partial charge in [-0.15, -0.1) is 0 Å². The van der Waals surface area contributed by atoms with E-state index in [1.165, 1.54) is 5.57 Å². The third kappa shape index (κ3) is 3.23. The van der Waals surface area contributed by atoms with Gasteiger partial charge in [0.1, 0.15) is 0 Å². The van der Waals surface area contributed by atoms with E-state index in [1.807, 2.05) is 6.20 Å². The SMILES string of the molecule is CCC1NC=CC=C1CNC(C)C. The Morgan fingerprint density at radius 3 is 2.92 bits per heavy atom. The van der Waals surface area contributed by atoms with Gasteiger partial charge in [-0.1, -0.05) is 26.8 Å². The smallest absolute Gasteiger partial charge is 0.0481 e. The van der Waals surface area contributed by atoms with Gasteiger partial charge in [0.25, 0.3) is 0 Å². The van der Waals surface area contributed by atoms with Crippen molar-refractivity contribution >= 4 is 0 Å². The highest BCUT2D eigenvalue weighted by molar-refractivity contribution is 5.24. The van der Waals surface area contributed by atoms with Crippen molar-refractivity contribution in [1.82, 2.24) is 10.6 Å². The van der Waals surface area contributed by atoms with Gasteiger partial charge >= 0.3 is 0 Å². The Hall–Kier alpha value is -0.760. The van der Waals surface area contributed by atoms with Gasteiger partial charge in [-0.25, -0.2) is 0 Å². The van der Waals surface area contributed by atoms with Crippen LogP contribution in [0, 0.1) is 0 Å². The Labute approximate surface area is 81.1 Å². The summed E-state index contributed by atoms with van der Waals surface area (Å²) in [6.07, 6.45) is 7.45. The molecule has 13 heavy (non-hydrogen) atoms. The number of dihydropyridines is 1. The third-order valence-corrected chi connectivity index (χ3v) is 2.27. The molecule has 0 amide bonds. The molecule has 2 heteroatoms. The maximum absolute atomic E-state index is 3.44. The Kier molecular flexibility index (Phi) is 4.03. The molecule has 0 aliphatic carbocycles. The molecule has 2 nitrogen and oxygen atoms in total. The molecule has 0 bridgehead atoms. The van der Waals surface area contributed by atoms with Crippen molar-refractivity contribution in [2.45, 2.75) is 39.3 Å². The Morgan fingerprint density at radius 1 is 1.54 bits per heavy atom. The van der Waals surface area contributed by atoms with E-state index in [-0.39, 0.29) is 0 Å². The van der Waals surface area contributed by atoms with Crippen LogP contribution in [0.1, 0.15) is 27.2 Å². The molecule has 0 radical (unpaired) electrons. The van der Waals surface area contributed by atoms with Crippen LogP contribution in [0.5, 0.6) is 0 Å². The quantitative estimate of drug-likeness (QED) is 0.689. The van der Waals surface area contributed by atoms with Gasteiger partial charge < -0.3 is 10.6 Å². The molecule has 0 spiro atoms. The van der Waals surface area contributed by atoms with Gasteiger partial charge in [-0.2, -0.15) is 0 Å². The second kappa shape index (κ2) is 5.07. The Balaban J connectivity index is 2.45. The van der Waals surface area contributed by atoms with Crippen molar-refractivity contribution < 1.29 is 0 Å². The highest BCUT2D eigenvalue weighted by Crippen LogP contribution is 2.09. The predicted octanol–water partition coefficient (Wildman–Crippen LogP) is 1.81. The summed E-state index contributed by atoms with van der Waals surface area (Å²) in [5.74, 6) is 0. The van der Waals surface area contributed by atoms with Crippen LogP contribution in [0.4, 0.5) is 0 Å². The first-order valence-electron chi connectivity index (χ1n) is 5.09. The molecule has 0 aromatic rings. The van der Waals surface area contributed by atoms with Crippen LogP contribution in [0.3, 0.4) is 0 Å². The topological polar surface area (TPSA) is 24.1 Å². The van der Waals surface area contributed by atoms with Crippen LogP contribution in [0.15, 0.2) is 23.9 Å². The molecule has 0 aromatic carbocycles. The molecule has 74 valence electrons. The lowest BCUT2D eigenvalue weighted by Crippen LogP contribution is -2.35. The van der Waals surface area contributed by atoms with Gasteiger partial charge in [-0.3, -0.25) is 0 Å². The molecule has 1 heterocycles. The van der Waals surface area contributed by atoms with Crippen molar-refractivity contribution in [1.29, 1.82) is 0 Å². The molecule has 0 saturated carbocycles. The highest BCUT2D eigenvalue weighted by Gasteiger charge is 2.11. The van der Waals surface area contributed by atoms with Gasteiger partial charge in [0.2, 0.25) is 0 Å². The lowest BCUT2D eigenvalue weighted by atomic mass is 10.0. The molecule has 1 aliphatic rings. The molecule has 2 N–H and O–H groups in total. The normalized spacial score (nSPS) is 21.5. The fourth-order valence-electron chi connectivity index (χ4n) is 1.45. The number of rotatable bonds is 4. The Bertz CT molecular complexity index is 204. The summed E-state index contributed by atoms with van der Waals surface area (Å²) >= 11 is 0. The van der Waals surface area contributed by atoms with Crippen molar-refractivity contribution in [3.8, 4) is 0 Å². The summed E-state index contributed by atoms with van der Waals surface area (Å²) in [4.78, 5) is 0.